The van der Waals surface area contributed by atoms with E-state index in [0.29, 0.717) is 13.2 Å². The van der Waals surface area contributed by atoms with Gasteiger partial charge in [0.05, 0.1) is 6.04 Å². The van der Waals surface area contributed by atoms with Crippen LogP contribution in [-0.4, -0.2) is 60.6 Å². The number of aryl methyl sites for hydroxylation is 2. The van der Waals surface area contributed by atoms with Crippen molar-refractivity contribution in [2.75, 3.05) is 33.4 Å². The predicted octanol–water partition coefficient (Wildman–Crippen LogP) is 4.14. The van der Waals surface area contributed by atoms with E-state index in [-0.39, 0.29) is 31.0 Å². The van der Waals surface area contributed by atoms with Crippen LogP contribution in [0.2, 0.25) is 0 Å². The fourth-order valence-electron chi connectivity index (χ4n) is 4.13. The van der Waals surface area contributed by atoms with E-state index in [1.807, 2.05) is 44.7 Å². The Bertz CT molecular complexity index is 963. The molecule has 0 bridgehead atoms. The highest BCUT2D eigenvalue weighted by Crippen LogP contribution is 2.34. The first kappa shape index (κ1) is 24.3. The molecule has 174 valence electrons. The van der Waals surface area contributed by atoms with E-state index in [0.717, 1.165) is 23.3 Å². The fourth-order valence-corrected chi connectivity index (χ4v) is 5.06. The molecule has 0 N–H and O–H groups in total. The summed E-state index contributed by atoms with van der Waals surface area (Å²) in [5, 5.41) is 2.08. The van der Waals surface area contributed by atoms with Crippen LogP contribution in [0.4, 0.5) is 0 Å². The number of methoxy groups -OCH3 is 1. The number of carbonyl (C=O) groups excluding carboxylic acids is 2. The van der Waals surface area contributed by atoms with Crippen molar-refractivity contribution in [1.29, 1.82) is 0 Å². The van der Waals surface area contributed by atoms with E-state index in [9.17, 15) is 9.59 Å². The summed E-state index contributed by atoms with van der Waals surface area (Å²) in [7, 11) is 1.49. The van der Waals surface area contributed by atoms with E-state index in [1.54, 1.807) is 16.2 Å². The van der Waals surface area contributed by atoms with Gasteiger partial charge in [0.15, 0.2) is 0 Å². The largest absolute Gasteiger partial charge is 0.491 e. The first-order valence-electron chi connectivity index (χ1n) is 11.0. The van der Waals surface area contributed by atoms with Gasteiger partial charge in [0.2, 0.25) is 11.8 Å². The van der Waals surface area contributed by atoms with Crippen LogP contribution in [0.25, 0.3) is 0 Å². The van der Waals surface area contributed by atoms with Crippen molar-refractivity contribution in [2.45, 2.75) is 52.6 Å². The second-order valence-corrected chi connectivity index (χ2v) is 10.3. The van der Waals surface area contributed by atoms with Gasteiger partial charge in [0, 0.05) is 24.1 Å². The maximum Gasteiger partial charge on any atom is 0.249 e. The second-order valence-electron chi connectivity index (χ2n) is 9.32. The van der Waals surface area contributed by atoms with E-state index in [4.69, 9.17) is 9.47 Å². The molecule has 0 aliphatic carbocycles. The SMILES string of the molecule is COCC(=O)N(CC(=O)N1CCc2sccc2C1COc1ccc(C)cc1C)C(C)(C)C. The van der Waals surface area contributed by atoms with E-state index >= 15 is 0 Å². The highest BCUT2D eigenvalue weighted by atomic mass is 32.1. The number of benzene rings is 1. The quantitative estimate of drug-likeness (QED) is 0.626. The Labute approximate surface area is 195 Å². The van der Waals surface area contributed by atoms with Gasteiger partial charge in [0.1, 0.15) is 25.5 Å². The lowest BCUT2D eigenvalue weighted by Gasteiger charge is -2.40. The number of carbonyl (C=O) groups is 2. The number of amides is 2. The molecule has 2 heterocycles. The third kappa shape index (κ3) is 5.51. The molecule has 0 spiro atoms. The van der Waals surface area contributed by atoms with E-state index in [2.05, 4.69) is 24.4 Å². The molecule has 1 aromatic heterocycles. The van der Waals surface area contributed by atoms with Crippen molar-refractivity contribution in [3.63, 3.8) is 0 Å². The van der Waals surface area contributed by atoms with Crippen molar-refractivity contribution in [3.8, 4) is 5.75 Å². The molecule has 2 aromatic rings. The first-order valence-corrected chi connectivity index (χ1v) is 11.8. The lowest BCUT2D eigenvalue weighted by molar-refractivity contribution is -0.148. The minimum atomic E-state index is -0.486. The maximum absolute atomic E-state index is 13.5. The summed E-state index contributed by atoms with van der Waals surface area (Å²) < 4.78 is 11.2. The van der Waals surface area contributed by atoms with Gasteiger partial charge in [-0.25, -0.2) is 0 Å². The van der Waals surface area contributed by atoms with Crippen LogP contribution in [0, 0.1) is 13.8 Å². The molecular formula is C25H34N2O4S. The van der Waals surface area contributed by atoms with Gasteiger partial charge in [-0.05, 0) is 69.7 Å². The molecule has 32 heavy (non-hydrogen) atoms. The Kier molecular flexibility index (Phi) is 7.62. The third-order valence-electron chi connectivity index (χ3n) is 5.81. The van der Waals surface area contributed by atoms with Gasteiger partial charge in [-0.1, -0.05) is 17.7 Å². The standard InChI is InChI=1S/C25H34N2O4S/c1-17-7-8-21(18(2)13-17)31-15-20-19-10-12-32-22(19)9-11-26(20)23(28)14-27(25(3,4)5)24(29)16-30-6/h7-8,10,12-13,20H,9,11,14-16H2,1-6H3. The normalized spacial score (nSPS) is 15.9. The smallest absolute Gasteiger partial charge is 0.249 e. The van der Waals surface area contributed by atoms with E-state index < -0.39 is 5.54 Å². The minimum absolute atomic E-state index is 0.0191. The molecule has 6 nitrogen and oxygen atoms in total. The number of fused-ring (bicyclic) bond motifs is 1. The summed E-state index contributed by atoms with van der Waals surface area (Å²) in [5.41, 5.74) is 2.92. The Morgan fingerprint density at radius 3 is 2.62 bits per heavy atom. The summed E-state index contributed by atoms with van der Waals surface area (Å²) >= 11 is 1.72. The Hall–Kier alpha value is -2.38. The Morgan fingerprint density at radius 2 is 1.97 bits per heavy atom. The molecule has 1 unspecified atom stereocenters. The van der Waals surface area contributed by atoms with Crippen LogP contribution < -0.4 is 4.74 Å². The number of ether oxygens (including phenoxy) is 2. The van der Waals surface area contributed by atoms with Gasteiger partial charge < -0.3 is 19.3 Å². The topological polar surface area (TPSA) is 59.1 Å². The van der Waals surface area contributed by atoms with Crippen LogP contribution in [0.1, 0.15) is 48.4 Å². The van der Waals surface area contributed by atoms with Crippen molar-refractivity contribution < 1.29 is 19.1 Å². The first-order chi connectivity index (χ1) is 15.1. The molecule has 1 atom stereocenters. The van der Waals surface area contributed by atoms with Crippen molar-refractivity contribution in [3.05, 3.63) is 51.2 Å². The monoisotopic (exact) mass is 458 g/mol. The molecule has 0 radical (unpaired) electrons. The molecule has 1 aromatic carbocycles. The van der Waals surface area contributed by atoms with Crippen LogP contribution in [0.5, 0.6) is 5.75 Å². The summed E-state index contributed by atoms with van der Waals surface area (Å²) in [6, 6.07) is 8.02. The van der Waals surface area contributed by atoms with Crippen LogP contribution >= 0.6 is 11.3 Å². The Balaban J connectivity index is 1.81. The van der Waals surface area contributed by atoms with Crippen LogP contribution in [-0.2, 0) is 20.7 Å². The molecule has 0 fully saturated rings. The summed E-state index contributed by atoms with van der Waals surface area (Å²) in [5.74, 6) is 0.567. The average Bonchev–Trinajstić information content (AvgIpc) is 3.19. The number of hydrogen-bond donors (Lipinski definition) is 0. The minimum Gasteiger partial charge on any atom is -0.491 e. The lowest BCUT2D eigenvalue weighted by Crippen LogP contribution is -2.53. The number of rotatable bonds is 7. The summed E-state index contributed by atoms with van der Waals surface area (Å²) in [6.07, 6.45) is 0.820. The highest BCUT2D eigenvalue weighted by molar-refractivity contribution is 7.10. The molecule has 7 heteroatoms. The molecular weight excluding hydrogens is 424 g/mol. The number of nitrogens with zero attached hydrogens (tertiary/aromatic N) is 2. The summed E-state index contributed by atoms with van der Waals surface area (Å²) in [4.78, 5) is 30.9. The third-order valence-corrected chi connectivity index (χ3v) is 6.81. The zero-order valence-corrected chi connectivity index (χ0v) is 20.8. The van der Waals surface area contributed by atoms with Crippen molar-refractivity contribution >= 4 is 23.2 Å². The molecule has 1 aliphatic heterocycles. The van der Waals surface area contributed by atoms with E-state index in [1.165, 1.54) is 17.6 Å². The average molecular weight is 459 g/mol. The molecule has 3 rings (SSSR count). The van der Waals surface area contributed by atoms with Gasteiger partial charge >= 0.3 is 0 Å². The fraction of sp³-hybridized carbons (Fsp3) is 0.520. The van der Waals surface area contributed by atoms with Gasteiger partial charge in [-0.15, -0.1) is 11.3 Å². The molecule has 1 aliphatic rings. The van der Waals surface area contributed by atoms with Crippen molar-refractivity contribution in [1.82, 2.24) is 9.80 Å². The number of hydrogen-bond acceptors (Lipinski definition) is 5. The number of thiophene rings is 1. The zero-order valence-electron chi connectivity index (χ0n) is 19.9. The van der Waals surface area contributed by atoms with Gasteiger partial charge in [-0.2, -0.15) is 0 Å². The van der Waals surface area contributed by atoms with Gasteiger partial charge in [0.25, 0.3) is 0 Å². The van der Waals surface area contributed by atoms with Crippen LogP contribution in [0.3, 0.4) is 0 Å². The lowest BCUT2D eigenvalue weighted by atomic mass is 9.99. The van der Waals surface area contributed by atoms with Crippen molar-refractivity contribution in [2.24, 2.45) is 0 Å². The summed E-state index contributed by atoms with van der Waals surface area (Å²) in [6.45, 7) is 10.9. The molecule has 0 saturated heterocycles. The molecule has 0 saturated carbocycles. The van der Waals surface area contributed by atoms with Crippen LogP contribution in [0.15, 0.2) is 29.6 Å². The maximum atomic E-state index is 13.5. The Morgan fingerprint density at radius 1 is 1.22 bits per heavy atom. The predicted molar refractivity (Wildman–Crippen MR) is 127 cm³/mol. The highest BCUT2D eigenvalue weighted by Gasteiger charge is 2.35. The second kappa shape index (κ2) is 10.0. The van der Waals surface area contributed by atoms with Gasteiger partial charge in [-0.3, -0.25) is 9.59 Å². The molecule has 2 amide bonds. The zero-order chi connectivity index (χ0) is 23.5.